The van der Waals surface area contributed by atoms with Gasteiger partial charge in [-0.05, 0) is 46.6 Å². The van der Waals surface area contributed by atoms with Crippen molar-refractivity contribution in [2.24, 2.45) is 7.05 Å². The van der Waals surface area contributed by atoms with Gasteiger partial charge in [-0.25, -0.2) is 4.68 Å². The molecular weight excluding hydrogens is 328 g/mol. The fourth-order valence-electron chi connectivity index (χ4n) is 2.12. The number of hydrogen-bond donors (Lipinski definition) is 1. The Morgan fingerprint density at radius 2 is 2.26 bits per heavy atom. The molecule has 0 bridgehead atoms. The minimum atomic E-state index is 0.151. The summed E-state index contributed by atoms with van der Waals surface area (Å²) >= 11 is 9.49. The van der Waals surface area contributed by atoms with E-state index in [4.69, 9.17) is 11.6 Å². The van der Waals surface area contributed by atoms with Crippen molar-refractivity contribution in [3.8, 4) is 0 Å². The van der Waals surface area contributed by atoms with Crippen molar-refractivity contribution in [3.63, 3.8) is 0 Å². The van der Waals surface area contributed by atoms with Crippen molar-refractivity contribution < 1.29 is 0 Å². The zero-order valence-electron chi connectivity index (χ0n) is 10.9. The highest BCUT2D eigenvalue weighted by Gasteiger charge is 2.19. The predicted molar refractivity (Wildman–Crippen MR) is 80.3 cm³/mol. The summed E-state index contributed by atoms with van der Waals surface area (Å²) in [5.41, 5.74) is 2.23. The molecule has 0 saturated heterocycles. The fraction of sp³-hybridized carbons (Fsp3) is 0.385. The molecule has 1 heterocycles. The Bertz CT molecular complexity index is 536. The van der Waals surface area contributed by atoms with Crippen molar-refractivity contribution in [3.05, 3.63) is 45.1 Å². The highest BCUT2D eigenvalue weighted by Crippen LogP contribution is 2.24. The Labute approximate surface area is 126 Å². The smallest absolute Gasteiger partial charge is 0.153 e. The standard InChI is InChI=1S/C13H16BrClN4/c1-3-16-11(12-13(14)17-18-19(12)2)8-9-5-4-6-10(15)7-9/h4-7,11,16H,3,8H2,1-2H3. The molecule has 0 spiro atoms. The second-order valence-electron chi connectivity index (χ2n) is 4.33. The average molecular weight is 344 g/mol. The number of rotatable bonds is 5. The van der Waals surface area contributed by atoms with E-state index in [1.165, 1.54) is 5.56 Å². The third kappa shape index (κ3) is 3.55. The molecule has 0 aliphatic heterocycles. The Balaban J connectivity index is 2.26. The summed E-state index contributed by atoms with van der Waals surface area (Å²) < 4.78 is 2.57. The lowest BCUT2D eigenvalue weighted by molar-refractivity contribution is 0.505. The molecule has 102 valence electrons. The van der Waals surface area contributed by atoms with Crippen LogP contribution in [0.2, 0.25) is 5.02 Å². The van der Waals surface area contributed by atoms with Gasteiger partial charge in [-0.2, -0.15) is 0 Å². The second kappa shape index (κ2) is 6.50. The van der Waals surface area contributed by atoms with Crippen molar-refractivity contribution in [2.45, 2.75) is 19.4 Å². The van der Waals surface area contributed by atoms with Crippen LogP contribution in [0.15, 0.2) is 28.9 Å². The predicted octanol–water partition coefficient (Wildman–Crippen LogP) is 3.12. The molecule has 0 amide bonds. The highest BCUT2D eigenvalue weighted by molar-refractivity contribution is 9.10. The van der Waals surface area contributed by atoms with Crippen molar-refractivity contribution in [1.82, 2.24) is 20.3 Å². The lowest BCUT2D eigenvalue weighted by atomic mass is 10.0. The molecule has 1 N–H and O–H groups in total. The number of halogens is 2. The number of benzene rings is 1. The van der Waals surface area contributed by atoms with Crippen LogP contribution in [0, 0.1) is 0 Å². The molecule has 1 unspecified atom stereocenters. The van der Waals surface area contributed by atoms with Gasteiger partial charge in [0.15, 0.2) is 4.60 Å². The largest absolute Gasteiger partial charge is 0.309 e. The molecule has 0 saturated carbocycles. The maximum Gasteiger partial charge on any atom is 0.153 e. The van der Waals surface area contributed by atoms with Gasteiger partial charge >= 0.3 is 0 Å². The summed E-state index contributed by atoms with van der Waals surface area (Å²) in [4.78, 5) is 0. The second-order valence-corrected chi connectivity index (χ2v) is 5.52. The Hall–Kier alpha value is -0.910. The van der Waals surface area contributed by atoms with Crippen LogP contribution >= 0.6 is 27.5 Å². The summed E-state index contributed by atoms with van der Waals surface area (Å²) in [6.07, 6.45) is 0.841. The third-order valence-corrected chi connectivity index (χ3v) is 3.74. The number of nitrogens with zero attached hydrogens (tertiary/aromatic N) is 3. The van der Waals surface area contributed by atoms with Gasteiger partial charge in [0.2, 0.25) is 0 Å². The van der Waals surface area contributed by atoms with E-state index in [0.717, 1.165) is 28.3 Å². The average Bonchev–Trinajstić information content (AvgIpc) is 2.69. The van der Waals surface area contributed by atoms with Crippen LogP contribution in [0.25, 0.3) is 0 Å². The first-order valence-corrected chi connectivity index (χ1v) is 7.31. The Kier molecular flexibility index (Phi) is 4.96. The van der Waals surface area contributed by atoms with Gasteiger partial charge in [0, 0.05) is 12.1 Å². The molecule has 0 aliphatic rings. The number of likely N-dealkylation sites (N-methyl/N-ethyl adjacent to an activating group) is 1. The van der Waals surface area contributed by atoms with Crippen LogP contribution in [0.1, 0.15) is 24.2 Å². The molecular formula is C13H16BrClN4. The van der Waals surface area contributed by atoms with E-state index in [1.54, 1.807) is 4.68 Å². The van der Waals surface area contributed by atoms with Gasteiger partial charge in [-0.1, -0.05) is 35.9 Å². The zero-order chi connectivity index (χ0) is 13.8. The molecule has 1 atom stereocenters. The highest BCUT2D eigenvalue weighted by atomic mass is 79.9. The normalized spacial score (nSPS) is 12.6. The third-order valence-electron chi connectivity index (χ3n) is 2.94. The number of nitrogens with one attached hydrogen (secondary N) is 1. The molecule has 4 nitrogen and oxygen atoms in total. The molecule has 19 heavy (non-hydrogen) atoms. The van der Waals surface area contributed by atoms with Crippen LogP contribution in [-0.4, -0.2) is 21.5 Å². The van der Waals surface area contributed by atoms with E-state index < -0.39 is 0 Å². The van der Waals surface area contributed by atoms with E-state index in [2.05, 4.69) is 44.5 Å². The summed E-state index contributed by atoms with van der Waals surface area (Å²) in [5, 5.41) is 12.3. The molecule has 6 heteroatoms. The number of hydrogen-bond acceptors (Lipinski definition) is 3. The zero-order valence-corrected chi connectivity index (χ0v) is 13.2. The molecule has 2 rings (SSSR count). The first kappa shape index (κ1) is 14.5. The van der Waals surface area contributed by atoms with Crippen LogP contribution < -0.4 is 5.32 Å². The summed E-state index contributed by atoms with van der Waals surface area (Å²) in [5.74, 6) is 0. The maximum absolute atomic E-state index is 6.03. The van der Waals surface area contributed by atoms with Gasteiger partial charge in [0.05, 0.1) is 11.7 Å². The van der Waals surface area contributed by atoms with Gasteiger partial charge in [-0.15, -0.1) is 5.10 Å². The number of aryl methyl sites for hydroxylation is 1. The quantitative estimate of drug-likeness (QED) is 0.907. The minimum absolute atomic E-state index is 0.151. The topological polar surface area (TPSA) is 42.7 Å². The van der Waals surface area contributed by atoms with Gasteiger partial charge in [0.25, 0.3) is 0 Å². The fourth-order valence-corrected chi connectivity index (χ4v) is 2.94. The summed E-state index contributed by atoms with van der Waals surface area (Å²) in [7, 11) is 1.90. The van der Waals surface area contributed by atoms with Crippen LogP contribution in [0.3, 0.4) is 0 Å². The first-order valence-electron chi connectivity index (χ1n) is 6.14. The molecule has 2 aromatic rings. The van der Waals surface area contributed by atoms with Crippen LogP contribution in [-0.2, 0) is 13.5 Å². The van der Waals surface area contributed by atoms with Crippen molar-refractivity contribution >= 4 is 27.5 Å². The number of aromatic nitrogens is 3. The summed E-state index contributed by atoms with van der Waals surface area (Å²) in [6, 6.07) is 8.07. The molecule has 0 aliphatic carbocycles. The Morgan fingerprint density at radius 1 is 1.47 bits per heavy atom. The summed E-state index contributed by atoms with van der Waals surface area (Å²) in [6.45, 7) is 2.96. The van der Waals surface area contributed by atoms with Crippen LogP contribution in [0.4, 0.5) is 0 Å². The van der Waals surface area contributed by atoms with Crippen molar-refractivity contribution in [1.29, 1.82) is 0 Å². The van der Waals surface area contributed by atoms with Crippen molar-refractivity contribution in [2.75, 3.05) is 6.54 Å². The van der Waals surface area contributed by atoms with Gasteiger partial charge < -0.3 is 5.32 Å². The lowest BCUT2D eigenvalue weighted by Gasteiger charge is -2.18. The van der Waals surface area contributed by atoms with E-state index >= 15 is 0 Å². The van der Waals surface area contributed by atoms with Gasteiger partial charge in [0.1, 0.15) is 0 Å². The molecule has 0 radical (unpaired) electrons. The monoisotopic (exact) mass is 342 g/mol. The van der Waals surface area contributed by atoms with E-state index in [-0.39, 0.29) is 6.04 Å². The van der Waals surface area contributed by atoms with E-state index in [1.807, 2.05) is 25.2 Å². The van der Waals surface area contributed by atoms with Gasteiger partial charge in [-0.3, -0.25) is 0 Å². The lowest BCUT2D eigenvalue weighted by Crippen LogP contribution is -2.25. The minimum Gasteiger partial charge on any atom is -0.309 e. The van der Waals surface area contributed by atoms with E-state index in [0.29, 0.717) is 0 Å². The molecule has 1 aromatic carbocycles. The van der Waals surface area contributed by atoms with E-state index in [9.17, 15) is 0 Å². The maximum atomic E-state index is 6.03. The molecule has 1 aromatic heterocycles. The first-order chi connectivity index (χ1) is 9.11. The Morgan fingerprint density at radius 3 is 2.84 bits per heavy atom. The SMILES string of the molecule is CCNC(Cc1cccc(Cl)c1)c1c(Br)nnn1C. The molecule has 0 fully saturated rings. The van der Waals surface area contributed by atoms with Crippen LogP contribution in [0.5, 0.6) is 0 Å².